The molecule has 2 aliphatic heterocycles. The summed E-state index contributed by atoms with van der Waals surface area (Å²) >= 11 is 6.33. The lowest BCUT2D eigenvalue weighted by Gasteiger charge is -2.36. The second kappa shape index (κ2) is 9.65. The first-order valence-electron chi connectivity index (χ1n) is 9.64. The number of anilines is 2. The number of aliphatic carboxylic acids is 1. The summed E-state index contributed by atoms with van der Waals surface area (Å²) in [5, 5.41) is 10.9. The Morgan fingerprint density at radius 2 is 1.82 bits per heavy atom. The van der Waals surface area contributed by atoms with Crippen molar-refractivity contribution >= 4 is 39.0 Å². The highest BCUT2D eigenvalue weighted by Crippen LogP contribution is 2.44. The molecule has 0 amide bonds. The van der Waals surface area contributed by atoms with Crippen LogP contribution in [0.5, 0.6) is 5.75 Å². The van der Waals surface area contributed by atoms with E-state index < -0.39 is 22.2 Å². The summed E-state index contributed by atoms with van der Waals surface area (Å²) in [7, 11) is -2.05. The molecule has 3 heterocycles. The van der Waals surface area contributed by atoms with Gasteiger partial charge < -0.3 is 24.6 Å². The summed E-state index contributed by atoms with van der Waals surface area (Å²) in [6.07, 6.45) is -2.12. The van der Waals surface area contributed by atoms with Crippen LogP contribution in [0.2, 0.25) is 5.02 Å². The van der Waals surface area contributed by atoms with Crippen LogP contribution in [0.25, 0.3) is 0 Å². The number of nitrogens with one attached hydrogen (secondary N) is 1. The van der Waals surface area contributed by atoms with Crippen LogP contribution in [0.4, 0.5) is 24.5 Å². The monoisotopic (exact) mass is 511 g/mol. The summed E-state index contributed by atoms with van der Waals surface area (Å²) in [5.74, 6) is -2.20. The minimum atomic E-state index is -5.08. The topological polar surface area (TPSA) is 117 Å². The maximum atomic E-state index is 13.1. The number of carboxylic acid groups (broad SMARTS) is 1. The van der Waals surface area contributed by atoms with Gasteiger partial charge in [0.25, 0.3) is 10.0 Å². The summed E-state index contributed by atoms with van der Waals surface area (Å²) in [5.41, 5.74) is 1.29. The second-order valence-electron chi connectivity index (χ2n) is 7.12. The molecule has 0 spiro atoms. The van der Waals surface area contributed by atoms with Crippen LogP contribution in [0.1, 0.15) is 0 Å². The molecule has 15 heteroatoms. The number of aromatic nitrogens is 2. The molecule has 0 saturated carbocycles. The van der Waals surface area contributed by atoms with Crippen molar-refractivity contribution in [3.63, 3.8) is 0 Å². The lowest BCUT2D eigenvalue weighted by Crippen LogP contribution is -2.44. The molecule has 0 aliphatic carbocycles. The van der Waals surface area contributed by atoms with Gasteiger partial charge in [0.05, 0.1) is 24.2 Å². The number of imidazole rings is 1. The van der Waals surface area contributed by atoms with Gasteiger partial charge in [-0.25, -0.2) is 9.78 Å². The Labute approximate surface area is 192 Å². The summed E-state index contributed by atoms with van der Waals surface area (Å²) in [6.45, 7) is 3.83. The number of piperazine rings is 1. The Morgan fingerprint density at radius 3 is 2.36 bits per heavy atom. The number of carboxylic acids is 1. The second-order valence-corrected chi connectivity index (χ2v) is 9.36. The van der Waals surface area contributed by atoms with Crippen LogP contribution in [-0.4, -0.2) is 74.6 Å². The molecule has 1 saturated heterocycles. The third-order valence-corrected chi connectivity index (χ3v) is 6.68. The van der Waals surface area contributed by atoms with Gasteiger partial charge in [-0.2, -0.15) is 21.6 Å². The van der Waals surface area contributed by atoms with Gasteiger partial charge in [0.1, 0.15) is 6.61 Å². The number of benzene rings is 1. The van der Waals surface area contributed by atoms with Crippen molar-refractivity contribution in [3.8, 4) is 5.75 Å². The van der Waals surface area contributed by atoms with Crippen LogP contribution in [0.15, 0.2) is 29.7 Å². The summed E-state index contributed by atoms with van der Waals surface area (Å²) in [4.78, 5) is 15.1. The SMILES string of the molecule is Cn1cnc(S(=O)(=O)N2CCOc3c(N4CCNCC4)cc(Cl)cc32)c1.O=C(O)C(F)(F)F. The van der Waals surface area contributed by atoms with Crippen molar-refractivity contribution in [1.82, 2.24) is 14.9 Å². The molecule has 0 atom stereocenters. The first kappa shape index (κ1) is 24.9. The highest BCUT2D eigenvalue weighted by molar-refractivity contribution is 7.92. The predicted octanol–water partition coefficient (Wildman–Crippen LogP) is 1.70. The quantitative estimate of drug-likeness (QED) is 0.639. The molecular weight excluding hydrogens is 491 g/mol. The molecule has 2 aromatic rings. The molecule has 33 heavy (non-hydrogen) atoms. The number of sulfonamides is 1. The van der Waals surface area contributed by atoms with Gasteiger partial charge in [-0.1, -0.05) is 11.6 Å². The molecule has 0 bridgehead atoms. The highest BCUT2D eigenvalue weighted by atomic mass is 35.5. The number of carbonyl (C=O) groups is 1. The van der Waals surface area contributed by atoms with Crippen molar-refractivity contribution in [1.29, 1.82) is 0 Å². The maximum Gasteiger partial charge on any atom is 0.490 e. The fraction of sp³-hybridized carbons (Fsp3) is 0.444. The fourth-order valence-electron chi connectivity index (χ4n) is 3.27. The van der Waals surface area contributed by atoms with Crippen LogP contribution >= 0.6 is 11.6 Å². The fourth-order valence-corrected chi connectivity index (χ4v) is 4.90. The van der Waals surface area contributed by atoms with Gasteiger partial charge in [0.2, 0.25) is 0 Å². The van der Waals surface area contributed by atoms with E-state index in [0.29, 0.717) is 16.5 Å². The molecule has 1 fully saturated rings. The number of ether oxygens (including phenoxy) is 1. The Morgan fingerprint density at radius 1 is 1.21 bits per heavy atom. The van der Waals surface area contributed by atoms with Gasteiger partial charge in [0, 0.05) is 44.4 Å². The molecular formula is C18H21ClF3N5O5S. The van der Waals surface area contributed by atoms with Crippen LogP contribution in [-0.2, 0) is 21.9 Å². The number of nitrogens with zero attached hydrogens (tertiary/aromatic N) is 4. The molecule has 1 aromatic heterocycles. The minimum absolute atomic E-state index is 0.0107. The third-order valence-electron chi connectivity index (χ3n) is 4.76. The molecule has 0 unspecified atom stereocenters. The smallest absolute Gasteiger partial charge is 0.487 e. The van der Waals surface area contributed by atoms with Gasteiger partial charge in [-0.3, -0.25) is 4.31 Å². The number of aryl methyl sites for hydroxylation is 1. The molecule has 2 N–H and O–H groups in total. The first-order valence-corrected chi connectivity index (χ1v) is 11.5. The van der Waals surface area contributed by atoms with Crippen molar-refractivity contribution in [2.24, 2.45) is 7.05 Å². The van der Waals surface area contributed by atoms with E-state index in [9.17, 15) is 21.6 Å². The zero-order valence-corrected chi connectivity index (χ0v) is 18.9. The number of alkyl halides is 3. The average Bonchev–Trinajstić information content (AvgIpc) is 3.20. The van der Waals surface area contributed by atoms with Crippen LogP contribution < -0.4 is 19.3 Å². The Balaban J connectivity index is 0.000000383. The van der Waals surface area contributed by atoms with Crippen LogP contribution in [0, 0.1) is 0 Å². The summed E-state index contributed by atoms with van der Waals surface area (Å²) in [6, 6.07) is 3.48. The van der Waals surface area contributed by atoms with Crippen molar-refractivity contribution < 1.29 is 36.2 Å². The van der Waals surface area contributed by atoms with E-state index in [1.165, 1.54) is 16.8 Å². The Kier molecular flexibility index (Phi) is 7.29. The highest BCUT2D eigenvalue weighted by Gasteiger charge is 2.38. The van der Waals surface area contributed by atoms with Crippen molar-refractivity contribution in [2.45, 2.75) is 11.2 Å². The lowest BCUT2D eigenvalue weighted by atomic mass is 10.2. The molecule has 10 nitrogen and oxygen atoms in total. The molecule has 4 rings (SSSR count). The molecule has 182 valence electrons. The predicted molar refractivity (Wildman–Crippen MR) is 113 cm³/mol. The van der Waals surface area contributed by atoms with E-state index in [-0.39, 0.29) is 18.2 Å². The van der Waals surface area contributed by atoms with Gasteiger partial charge in [-0.05, 0) is 12.1 Å². The van der Waals surface area contributed by atoms with E-state index >= 15 is 0 Å². The van der Waals surface area contributed by atoms with Crippen molar-refractivity contribution in [3.05, 3.63) is 29.7 Å². The van der Waals surface area contributed by atoms with Gasteiger partial charge in [0.15, 0.2) is 10.8 Å². The average molecular weight is 512 g/mol. The molecule has 1 aromatic carbocycles. The van der Waals surface area contributed by atoms with Gasteiger partial charge in [-0.15, -0.1) is 0 Å². The summed E-state index contributed by atoms with van der Waals surface area (Å²) < 4.78 is 66.7. The number of halogens is 4. The Bertz CT molecular complexity index is 1120. The largest absolute Gasteiger partial charge is 0.490 e. The van der Waals surface area contributed by atoms with E-state index in [4.69, 9.17) is 26.2 Å². The number of fused-ring (bicyclic) bond motifs is 1. The standard InChI is InChI=1S/C16H20ClN5O3S.C2HF3O2/c1-20-10-15(19-11-20)26(23,24)22-6-7-25-16-13(8-12(17)9-14(16)22)21-4-2-18-3-5-21;3-2(4,5)1(6)7/h8-11,18H,2-7H2,1H3;(H,6,7). The van der Waals surface area contributed by atoms with E-state index in [1.54, 1.807) is 17.7 Å². The molecule has 0 radical (unpaired) electrons. The van der Waals surface area contributed by atoms with Crippen molar-refractivity contribution in [2.75, 3.05) is 48.5 Å². The zero-order valence-electron chi connectivity index (χ0n) is 17.3. The first-order chi connectivity index (χ1) is 15.4. The van der Waals surface area contributed by atoms with E-state index in [0.717, 1.165) is 31.9 Å². The number of rotatable bonds is 3. The number of hydrogen-bond donors (Lipinski definition) is 2. The zero-order chi connectivity index (χ0) is 24.4. The van der Waals surface area contributed by atoms with Crippen LogP contribution in [0.3, 0.4) is 0 Å². The maximum absolute atomic E-state index is 13.1. The Hall–Kier alpha value is -2.71. The minimum Gasteiger partial charge on any atom is -0.487 e. The third kappa shape index (κ3) is 5.62. The van der Waals surface area contributed by atoms with E-state index in [2.05, 4.69) is 15.2 Å². The lowest BCUT2D eigenvalue weighted by molar-refractivity contribution is -0.192. The van der Waals surface area contributed by atoms with E-state index in [1.807, 2.05) is 6.07 Å². The molecule has 2 aliphatic rings. The normalized spacial score (nSPS) is 16.4. The number of hydrogen-bond acceptors (Lipinski definition) is 7. The van der Waals surface area contributed by atoms with Gasteiger partial charge >= 0.3 is 12.1 Å².